The Morgan fingerprint density at radius 2 is 0.707 bits per heavy atom. The van der Waals surface area contributed by atoms with Gasteiger partial charge in [-0.05, 0) is 0 Å². The Labute approximate surface area is 206 Å². The Balaban J connectivity index is 7.29. The molecule has 41 heavy (non-hydrogen) atoms. The van der Waals surface area contributed by atoms with Crippen molar-refractivity contribution in [3.05, 3.63) is 0 Å². The van der Waals surface area contributed by atoms with E-state index >= 15 is 0 Å². The maximum atomic E-state index is 14.1. The first-order valence-electron chi connectivity index (χ1n) is 8.39. The van der Waals surface area contributed by atoms with E-state index in [4.69, 9.17) is 0 Å². The van der Waals surface area contributed by atoms with Crippen molar-refractivity contribution in [2.24, 2.45) is 0 Å². The molecule has 0 aromatic heterocycles. The van der Waals surface area contributed by atoms with Crippen molar-refractivity contribution in [2.45, 2.75) is 66.5 Å². The number of alkyl halides is 23. The van der Waals surface area contributed by atoms with E-state index in [1.807, 2.05) is 0 Å². The summed E-state index contributed by atoms with van der Waals surface area (Å²) in [4.78, 5) is 10.8. The minimum atomic E-state index is -8.74. The number of ether oxygens (including phenoxy) is 4. The lowest BCUT2D eigenvalue weighted by Gasteiger charge is -2.42. The first-order chi connectivity index (χ1) is 17.4. The van der Waals surface area contributed by atoms with E-state index in [-0.39, 0.29) is 0 Å². The number of hydrogen-bond acceptors (Lipinski definition) is 5. The number of halogens is 23. The summed E-state index contributed by atoms with van der Waals surface area (Å²) in [5.74, 6) is -36.5. The molecule has 0 bridgehead atoms. The maximum Gasteiger partial charge on any atom is 0.462 e. The van der Waals surface area contributed by atoms with Gasteiger partial charge in [-0.25, -0.2) is 4.79 Å². The van der Waals surface area contributed by atoms with Crippen LogP contribution in [0.5, 0.6) is 0 Å². The minimum absolute atomic E-state index is 0.393. The highest BCUT2D eigenvalue weighted by molar-refractivity contribution is 5.78. The summed E-state index contributed by atoms with van der Waals surface area (Å²) in [7, 11) is -0.393. The summed E-state index contributed by atoms with van der Waals surface area (Å²) in [6, 6.07) is 0. The van der Waals surface area contributed by atoms with Gasteiger partial charge in [-0.2, -0.15) is 101 Å². The molecule has 0 aliphatic heterocycles. The molecule has 0 aliphatic rings. The van der Waals surface area contributed by atoms with E-state index in [0.717, 1.165) is 9.47 Å². The molecule has 0 aliphatic carbocycles. The van der Waals surface area contributed by atoms with Gasteiger partial charge in [0.25, 0.3) is 0 Å². The van der Waals surface area contributed by atoms with Crippen molar-refractivity contribution in [1.82, 2.24) is 0 Å². The molecule has 0 aromatic carbocycles. The lowest BCUT2D eigenvalue weighted by atomic mass is 10.2. The standard InChI is InChI=1S/C13H3F23O5/c1-38-2(37)3(14,7(19,20)21)39-12(33,34)5(17,9(25,26)27)41-13(35,36)6(18,10(28,29)30)40-11(31,32)4(15,16)8(22,23)24/h1H3. The highest BCUT2D eigenvalue weighted by Gasteiger charge is 2.88. The average molecular weight is 676 g/mol. The van der Waals surface area contributed by atoms with Gasteiger partial charge in [0.2, 0.25) is 0 Å². The largest absolute Gasteiger partial charge is 0.465 e. The van der Waals surface area contributed by atoms with Gasteiger partial charge in [0.05, 0.1) is 7.11 Å². The molecule has 0 heterocycles. The molecule has 0 saturated heterocycles. The van der Waals surface area contributed by atoms with Crippen LogP contribution in [0, 0.1) is 0 Å². The smallest absolute Gasteiger partial charge is 0.462 e. The molecule has 0 spiro atoms. The first kappa shape index (κ1) is 38.7. The number of carbonyl (C=O) groups is 1. The second-order valence-electron chi connectivity index (χ2n) is 6.70. The molecular formula is C13H3F23O5. The summed E-state index contributed by atoms with van der Waals surface area (Å²) in [5.41, 5.74) is 0. The zero-order valence-corrected chi connectivity index (χ0v) is 17.7. The molecule has 0 radical (unpaired) electrons. The topological polar surface area (TPSA) is 54.0 Å². The van der Waals surface area contributed by atoms with Crippen LogP contribution in [-0.2, 0) is 23.7 Å². The Hall–Kier alpha value is -2.26. The SMILES string of the molecule is COC(=O)C(F)(OC(F)(F)C(F)(OC(F)(F)C(F)(OC(F)(F)C(F)(F)C(F)(F)F)C(F)(F)F)C(F)(F)F)C(F)(F)F. The Morgan fingerprint density at radius 3 is 0.951 bits per heavy atom. The van der Waals surface area contributed by atoms with E-state index in [1.54, 1.807) is 4.74 Å². The van der Waals surface area contributed by atoms with Crippen LogP contribution >= 0.6 is 0 Å². The second kappa shape index (κ2) is 10.2. The average Bonchev–Trinajstić information content (AvgIpc) is 2.68. The number of rotatable bonds is 10. The summed E-state index contributed by atoms with van der Waals surface area (Å²) < 4.78 is 306. The van der Waals surface area contributed by atoms with Crippen molar-refractivity contribution >= 4 is 5.97 Å². The molecule has 3 unspecified atom stereocenters. The van der Waals surface area contributed by atoms with Crippen LogP contribution in [0.2, 0.25) is 0 Å². The van der Waals surface area contributed by atoms with Gasteiger partial charge in [-0.15, -0.1) is 0 Å². The molecule has 28 heteroatoms. The van der Waals surface area contributed by atoms with Crippen LogP contribution in [0.25, 0.3) is 0 Å². The quantitative estimate of drug-likeness (QED) is 0.187. The second-order valence-corrected chi connectivity index (χ2v) is 6.70. The summed E-state index contributed by atoms with van der Waals surface area (Å²) in [6.45, 7) is 0. The van der Waals surface area contributed by atoms with Gasteiger partial charge in [-0.3, -0.25) is 14.2 Å². The van der Waals surface area contributed by atoms with Crippen LogP contribution in [0.3, 0.4) is 0 Å². The molecule has 0 fully saturated rings. The maximum absolute atomic E-state index is 14.1. The van der Waals surface area contributed by atoms with Gasteiger partial charge >= 0.3 is 72.5 Å². The summed E-state index contributed by atoms with van der Waals surface area (Å²) in [5, 5.41) is 0. The number of carbonyl (C=O) groups excluding carboxylic acids is 1. The van der Waals surface area contributed by atoms with E-state index in [2.05, 4.69) is 4.74 Å². The highest BCUT2D eigenvalue weighted by atomic mass is 19.4. The molecular weight excluding hydrogens is 673 g/mol. The van der Waals surface area contributed by atoms with Gasteiger partial charge in [-0.1, -0.05) is 0 Å². The molecule has 0 amide bonds. The van der Waals surface area contributed by atoms with E-state index in [1.165, 1.54) is 0 Å². The third-order valence-electron chi connectivity index (χ3n) is 3.82. The predicted octanol–water partition coefficient (Wildman–Crippen LogP) is 6.87. The number of methoxy groups -OCH3 is 1. The van der Waals surface area contributed by atoms with Gasteiger partial charge < -0.3 is 4.74 Å². The van der Waals surface area contributed by atoms with Crippen molar-refractivity contribution in [1.29, 1.82) is 0 Å². The summed E-state index contributed by atoms with van der Waals surface area (Å²) in [6.07, 6.45) is -57.5. The first-order valence-corrected chi connectivity index (χ1v) is 8.39. The Kier molecular flexibility index (Phi) is 9.62. The van der Waals surface area contributed by atoms with Crippen molar-refractivity contribution in [3.8, 4) is 0 Å². The van der Waals surface area contributed by atoms with E-state index in [0.29, 0.717) is 0 Å². The minimum Gasteiger partial charge on any atom is -0.465 e. The van der Waals surface area contributed by atoms with E-state index in [9.17, 15) is 106 Å². The Morgan fingerprint density at radius 1 is 0.415 bits per heavy atom. The fraction of sp³-hybridized carbons (Fsp3) is 0.923. The van der Waals surface area contributed by atoms with Crippen LogP contribution in [0.1, 0.15) is 0 Å². The predicted molar refractivity (Wildman–Crippen MR) is 70.8 cm³/mol. The van der Waals surface area contributed by atoms with Gasteiger partial charge in [0.1, 0.15) is 0 Å². The zero-order valence-electron chi connectivity index (χ0n) is 17.7. The summed E-state index contributed by atoms with van der Waals surface area (Å²) >= 11 is 0. The third kappa shape index (κ3) is 6.41. The molecule has 5 nitrogen and oxygen atoms in total. The van der Waals surface area contributed by atoms with Crippen molar-refractivity contribution in [2.75, 3.05) is 7.11 Å². The molecule has 3 atom stereocenters. The lowest BCUT2D eigenvalue weighted by molar-refractivity contribution is -0.578. The van der Waals surface area contributed by atoms with Crippen molar-refractivity contribution < 1.29 is 125 Å². The molecule has 0 saturated carbocycles. The number of hydrogen-bond donors (Lipinski definition) is 0. The monoisotopic (exact) mass is 676 g/mol. The fourth-order valence-corrected chi connectivity index (χ4v) is 1.80. The van der Waals surface area contributed by atoms with Gasteiger partial charge in [0.15, 0.2) is 0 Å². The van der Waals surface area contributed by atoms with Crippen LogP contribution in [0.15, 0.2) is 0 Å². The number of esters is 1. The van der Waals surface area contributed by atoms with Crippen LogP contribution in [-0.4, -0.2) is 79.6 Å². The molecule has 0 rings (SSSR count). The fourth-order valence-electron chi connectivity index (χ4n) is 1.80. The zero-order chi connectivity index (χ0) is 33.9. The lowest BCUT2D eigenvalue weighted by Crippen LogP contribution is -2.70. The van der Waals surface area contributed by atoms with Crippen molar-refractivity contribution in [3.63, 3.8) is 0 Å². The molecule has 0 aromatic rings. The van der Waals surface area contributed by atoms with Gasteiger partial charge in [0, 0.05) is 0 Å². The Bertz CT molecular complexity index is 948. The van der Waals surface area contributed by atoms with E-state index < -0.39 is 79.6 Å². The normalized spacial score (nSPS) is 19.7. The van der Waals surface area contributed by atoms with Crippen LogP contribution < -0.4 is 0 Å². The molecule has 246 valence electrons. The highest BCUT2D eigenvalue weighted by Crippen LogP contribution is 2.59. The van der Waals surface area contributed by atoms with Crippen LogP contribution in [0.4, 0.5) is 101 Å². The third-order valence-corrected chi connectivity index (χ3v) is 3.82. The molecule has 0 N–H and O–H groups in total.